The molecule has 0 spiro atoms. The summed E-state index contributed by atoms with van der Waals surface area (Å²) in [4.78, 5) is 12.9. The SMILES string of the molecule is CCN(CC(=O)c1ccc(C)cc1)CC(F)(F)F. The third kappa shape index (κ3) is 4.87. The summed E-state index contributed by atoms with van der Waals surface area (Å²) in [6.07, 6.45) is -4.27. The summed E-state index contributed by atoms with van der Waals surface area (Å²) in [5.74, 6) is -0.291. The topological polar surface area (TPSA) is 20.3 Å². The molecule has 0 aliphatic carbocycles. The number of halogens is 3. The lowest BCUT2D eigenvalue weighted by molar-refractivity contribution is -0.144. The van der Waals surface area contributed by atoms with Crippen LogP contribution in [0.1, 0.15) is 22.8 Å². The van der Waals surface area contributed by atoms with Crippen molar-refractivity contribution in [3.8, 4) is 0 Å². The van der Waals surface area contributed by atoms with Gasteiger partial charge in [0, 0.05) is 5.56 Å². The number of aryl methyl sites for hydroxylation is 1. The first-order valence-electron chi connectivity index (χ1n) is 5.71. The van der Waals surface area contributed by atoms with Crippen molar-refractivity contribution in [3.05, 3.63) is 35.4 Å². The number of nitrogens with zero attached hydrogens (tertiary/aromatic N) is 1. The van der Waals surface area contributed by atoms with Crippen LogP contribution in [-0.4, -0.2) is 36.5 Å². The lowest BCUT2D eigenvalue weighted by Crippen LogP contribution is -2.37. The molecule has 0 heterocycles. The van der Waals surface area contributed by atoms with Gasteiger partial charge in [0.2, 0.25) is 0 Å². The van der Waals surface area contributed by atoms with Crippen molar-refractivity contribution in [3.63, 3.8) is 0 Å². The standard InChI is InChI=1S/C13H16F3NO/c1-3-17(9-13(14,15)16)8-12(18)11-6-4-10(2)5-7-11/h4-7H,3,8-9H2,1-2H3. The lowest BCUT2D eigenvalue weighted by atomic mass is 10.1. The average Bonchev–Trinajstić information content (AvgIpc) is 2.27. The van der Waals surface area contributed by atoms with Gasteiger partial charge in [-0.3, -0.25) is 9.69 Å². The fourth-order valence-corrected chi connectivity index (χ4v) is 1.57. The molecule has 0 saturated heterocycles. The van der Waals surface area contributed by atoms with Crippen molar-refractivity contribution in [2.24, 2.45) is 0 Å². The van der Waals surface area contributed by atoms with Crippen LogP contribution in [0.25, 0.3) is 0 Å². The molecule has 1 aromatic rings. The fraction of sp³-hybridized carbons (Fsp3) is 0.462. The van der Waals surface area contributed by atoms with Gasteiger partial charge in [-0.05, 0) is 13.5 Å². The van der Waals surface area contributed by atoms with Crippen molar-refractivity contribution < 1.29 is 18.0 Å². The lowest BCUT2D eigenvalue weighted by Gasteiger charge is -2.20. The molecule has 0 amide bonds. The summed E-state index contributed by atoms with van der Waals surface area (Å²) < 4.78 is 36.7. The first kappa shape index (κ1) is 14.7. The molecule has 0 saturated carbocycles. The van der Waals surface area contributed by atoms with E-state index in [0.717, 1.165) is 10.5 Å². The Kier molecular flexibility index (Phi) is 4.90. The molecule has 0 fully saturated rings. The molecule has 0 N–H and O–H groups in total. The highest BCUT2D eigenvalue weighted by molar-refractivity contribution is 5.97. The third-order valence-electron chi connectivity index (χ3n) is 2.59. The van der Waals surface area contributed by atoms with E-state index in [1.165, 1.54) is 0 Å². The second-order valence-electron chi connectivity index (χ2n) is 4.21. The van der Waals surface area contributed by atoms with Gasteiger partial charge in [0.05, 0.1) is 13.1 Å². The maximum Gasteiger partial charge on any atom is 0.401 e. The molecule has 0 aliphatic heterocycles. The van der Waals surface area contributed by atoms with E-state index >= 15 is 0 Å². The molecular formula is C13H16F3NO. The average molecular weight is 259 g/mol. The number of ketones is 1. The minimum Gasteiger partial charge on any atom is -0.293 e. The van der Waals surface area contributed by atoms with E-state index in [-0.39, 0.29) is 18.9 Å². The van der Waals surface area contributed by atoms with E-state index < -0.39 is 12.7 Å². The predicted molar refractivity (Wildman–Crippen MR) is 63.7 cm³/mol. The number of alkyl halides is 3. The van der Waals surface area contributed by atoms with Gasteiger partial charge >= 0.3 is 6.18 Å². The molecule has 0 aliphatic rings. The maximum atomic E-state index is 12.2. The fourth-order valence-electron chi connectivity index (χ4n) is 1.57. The Bertz CT molecular complexity index is 398. The summed E-state index contributed by atoms with van der Waals surface area (Å²) in [5, 5.41) is 0. The quantitative estimate of drug-likeness (QED) is 0.757. The van der Waals surface area contributed by atoms with Crippen LogP contribution < -0.4 is 0 Å². The monoisotopic (exact) mass is 259 g/mol. The van der Waals surface area contributed by atoms with Gasteiger partial charge in [0.1, 0.15) is 0 Å². The van der Waals surface area contributed by atoms with Crippen LogP contribution >= 0.6 is 0 Å². The van der Waals surface area contributed by atoms with Gasteiger partial charge in [-0.2, -0.15) is 13.2 Å². The number of carbonyl (C=O) groups is 1. The molecule has 0 radical (unpaired) electrons. The molecule has 0 aromatic heterocycles. The highest BCUT2D eigenvalue weighted by Gasteiger charge is 2.30. The van der Waals surface area contributed by atoms with E-state index in [4.69, 9.17) is 0 Å². The largest absolute Gasteiger partial charge is 0.401 e. The Balaban J connectivity index is 2.65. The van der Waals surface area contributed by atoms with Gasteiger partial charge in [-0.1, -0.05) is 36.8 Å². The summed E-state index contributed by atoms with van der Waals surface area (Å²) >= 11 is 0. The normalized spacial score (nSPS) is 11.9. The summed E-state index contributed by atoms with van der Waals surface area (Å²) in [6.45, 7) is 2.42. The predicted octanol–water partition coefficient (Wildman–Crippen LogP) is 3.06. The zero-order valence-corrected chi connectivity index (χ0v) is 10.4. The first-order valence-corrected chi connectivity index (χ1v) is 5.71. The van der Waals surface area contributed by atoms with Crippen molar-refractivity contribution in [2.45, 2.75) is 20.0 Å². The number of hydrogen-bond acceptors (Lipinski definition) is 2. The van der Waals surface area contributed by atoms with Crippen molar-refractivity contribution in [1.29, 1.82) is 0 Å². The number of rotatable bonds is 5. The second kappa shape index (κ2) is 6.00. The number of benzene rings is 1. The minimum absolute atomic E-state index is 0.192. The van der Waals surface area contributed by atoms with Crippen LogP contribution in [0.3, 0.4) is 0 Å². The Morgan fingerprint density at radius 3 is 2.22 bits per heavy atom. The molecule has 5 heteroatoms. The number of hydrogen-bond donors (Lipinski definition) is 0. The molecule has 0 bridgehead atoms. The van der Waals surface area contributed by atoms with Gasteiger partial charge in [-0.25, -0.2) is 0 Å². The number of carbonyl (C=O) groups excluding carboxylic acids is 1. The summed E-state index contributed by atoms with van der Waals surface area (Å²) in [7, 11) is 0. The maximum absolute atomic E-state index is 12.2. The van der Waals surface area contributed by atoms with Gasteiger partial charge in [0.25, 0.3) is 0 Å². The van der Waals surface area contributed by atoms with Gasteiger partial charge in [-0.15, -0.1) is 0 Å². The smallest absolute Gasteiger partial charge is 0.293 e. The highest BCUT2D eigenvalue weighted by atomic mass is 19.4. The van der Waals surface area contributed by atoms with E-state index in [9.17, 15) is 18.0 Å². The van der Waals surface area contributed by atoms with E-state index in [1.54, 1.807) is 31.2 Å². The van der Waals surface area contributed by atoms with Crippen molar-refractivity contribution in [1.82, 2.24) is 4.90 Å². The molecule has 2 nitrogen and oxygen atoms in total. The second-order valence-corrected chi connectivity index (χ2v) is 4.21. The van der Waals surface area contributed by atoms with E-state index in [2.05, 4.69) is 0 Å². The van der Waals surface area contributed by atoms with Crippen molar-refractivity contribution >= 4 is 5.78 Å². The zero-order chi connectivity index (χ0) is 13.8. The Morgan fingerprint density at radius 2 is 1.78 bits per heavy atom. The number of Topliss-reactive ketones (excluding diaryl/α,β-unsaturated/α-hetero) is 1. The first-order chi connectivity index (χ1) is 8.31. The zero-order valence-electron chi connectivity index (χ0n) is 10.4. The van der Waals surface area contributed by atoms with Crippen LogP contribution in [0.4, 0.5) is 13.2 Å². The van der Waals surface area contributed by atoms with Crippen LogP contribution in [-0.2, 0) is 0 Å². The summed E-state index contributed by atoms with van der Waals surface area (Å²) in [5.41, 5.74) is 1.45. The van der Waals surface area contributed by atoms with Crippen LogP contribution in [0, 0.1) is 6.92 Å². The highest BCUT2D eigenvalue weighted by Crippen LogP contribution is 2.16. The molecule has 0 unspecified atom stereocenters. The molecule has 18 heavy (non-hydrogen) atoms. The van der Waals surface area contributed by atoms with Crippen molar-refractivity contribution in [2.75, 3.05) is 19.6 Å². The number of likely N-dealkylation sites (N-methyl/N-ethyl adjacent to an activating group) is 1. The van der Waals surface area contributed by atoms with E-state index in [0.29, 0.717) is 5.56 Å². The van der Waals surface area contributed by atoms with Crippen LogP contribution in [0.15, 0.2) is 24.3 Å². The van der Waals surface area contributed by atoms with Gasteiger partial charge in [0.15, 0.2) is 5.78 Å². The van der Waals surface area contributed by atoms with Crippen LogP contribution in [0.5, 0.6) is 0 Å². The molecule has 100 valence electrons. The van der Waals surface area contributed by atoms with Crippen LogP contribution in [0.2, 0.25) is 0 Å². The Hall–Kier alpha value is -1.36. The molecule has 1 aromatic carbocycles. The van der Waals surface area contributed by atoms with E-state index in [1.807, 2.05) is 6.92 Å². The Morgan fingerprint density at radius 1 is 1.22 bits per heavy atom. The molecule has 0 atom stereocenters. The molecular weight excluding hydrogens is 243 g/mol. The third-order valence-corrected chi connectivity index (χ3v) is 2.59. The summed E-state index contributed by atoms with van der Waals surface area (Å²) in [6, 6.07) is 6.82. The minimum atomic E-state index is -4.27. The molecule has 1 rings (SSSR count). The van der Waals surface area contributed by atoms with Gasteiger partial charge < -0.3 is 0 Å². The Labute approximate surface area is 104 Å².